The first-order valence-electron chi connectivity index (χ1n) is 11.8. The number of carbonyl (C=O) groups excluding carboxylic acids is 1. The van der Waals surface area contributed by atoms with Gasteiger partial charge in [0.05, 0.1) is 6.61 Å². The summed E-state index contributed by atoms with van der Waals surface area (Å²) < 4.78 is 6.40. The SMILES string of the molecule is C/C(=C\c1cc(Cl)ccc1C(C(C)/C=C\C(Br)=C/N)C1CCN(C(=O)OC(C)(C)C)CC1)CO. The molecule has 0 aliphatic carbocycles. The van der Waals surface area contributed by atoms with E-state index >= 15 is 0 Å². The summed E-state index contributed by atoms with van der Waals surface area (Å²) in [6, 6.07) is 5.99. The minimum Gasteiger partial charge on any atom is -0.444 e. The zero-order chi connectivity index (χ0) is 25.5. The lowest BCUT2D eigenvalue weighted by Crippen LogP contribution is -2.43. The van der Waals surface area contributed by atoms with Crippen LogP contribution in [0.1, 0.15) is 64.5 Å². The molecule has 2 atom stereocenters. The third-order valence-electron chi connectivity index (χ3n) is 6.04. The Morgan fingerprint density at radius 1 is 1.35 bits per heavy atom. The molecule has 0 spiro atoms. The summed E-state index contributed by atoms with van der Waals surface area (Å²) in [6.07, 6.45) is 9.19. The number of ether oxygens (including phenoxy) is 1. The van der Waals surface area contributed by atoms with E-state index in [-0.39, 0.29) is 24.5 Å². The molecule has 1 aromatic carbocycles. The van der Waals surface area contributed by atoms with E-state index in [0.717, 1.165) is 28.5 Å². The summed E-state index contributed by atoms with van der Waals surface area (Å²) in [6.45, 7) is 11.1. The summed E-state index contributed by atoms with van der Waals surface area (Å²) in [7, 11) is 0. The summed E-state index contributed by atoms with van der Waals surface area (Å²) in [5.74, 6) is 0.764. The smallest absolute Gasteiger partial charge is 0.410 e. The van der Waals surface area contributed by atoms with Crippen LogP contribution in [0.3, 0.4) is 0 Å². The quantitative estimate of drug-likeness (QED) is 0.362. The number of nitrogens with two attached hydrogens (primary N) is 1. The van der Waals surface area contributed by atoms with Crippen LogP contribution >= 0.6 is 27.5 Å². The van der Waals surface area contributed by atoms with Gasteiger partial charge in [-0.1, -0.05) is 42.8 Å². The summed E-state index contributed by atoms with van der Waals surface area (Å²) in [5, 5.41) is 10.3. The highest BCUT2D eigenvalue weighted by atomic mass is 79.9. The number of benzene rings is 1. The fraction of sp³-hybridized carbons (Fsp3) is 0.519. The first kappa shape index (κ1) is 28.5. The van der Waals surface area contributed by atoms with Crippen molar-refractivity contribution in [2.75, 3.05) is 19.7 Å². The van der Waals surface area contributed by atoms with Crippen molar-refractivity contribution in [3.8, 4) is 0 Å². The number of nitrogens with zero attached hydrogens (tertiary/aromatic N) is 1. The molecule has 0 aromatic heterocycles. The van der Waals surface area contributed by atoms with Crippen molar-refractivity contribution in [1.29, 1.82) is 0 Å². The van der Waals surface area contributed by atoms with Gasteiger partial charge < -0.3 is 20.5 Å². The molecule has 1 aromatic rings. The van der Waals surface area contributed by atoms with Crippen LogP contribution in [0.15, 0.2) is 46.6 Å². The van der Waals surface area contributed by atoms with Crippen molar-refractivity contribution >= 4 is 39.7 Å². The number of rotatable bonds is 7. The number of aliphatic hydroxyl groups excluding tert-OH is 1. The number of hydrogen-bond donors (Lipinski definition) is 2. The molecule has 2 rings (SSSR count). The molecular weight excluding hydrogens is 516 g/mol. The topological polar surface area (TPSA) is 75.8 Å². The Bertz CT molecular complexity index is 928. The second kappa shape index (κ2) is 12.8. The van der Waals surface area contributed by atoms with E-state index in [2.05, 4.69) is 35.0 Å². The molecule has 3 N–H and O–H groups in total. The number of aliphatic hydroxyl groups is 1. The maximum absolute atomic E-state index is 12.6. The molecule has 0 radical (unpaired) electrons. The Labute approximate surface area is 217 Å². The highest BCUT2D eigenvalue weighted by Crippen LogP contribution is 2.41. The van der Waals surface area contributed by atoms with Gasteiger partial charge in [0.1, 0.15) is 5.60 Å². The van der Waals surface area contributed by atoms with Crippen LogP contribution in [-0.4, -0.2) is 41.4 Å². The zero-order valence-electron chi connectivity index (χ0n) is 20.9. The van der Waals surface area contributed by atoms with E-state index in [0.29, 0.717) is 24.0 Å². The zero-order valence-corrected chi connectivity index (χ0v) is 23.2. The largest absolute Gasteiger partial charge is 0.444 e. The normalized spacial score (nSPS) is 18.3. The summed E-state index contributed by atoms with van der Waals surface area (Å²) in [4.78, 5) is 14.4. The average molecular weight is 554 g/mol. The van der Waals surface area contributed by atoms with Gasteiger partial charge in [0.2, 0.25) is 0 Å². The second-order valence-electron chi connectivity index (χ2n) is 10.0. The standard InChI is InChI=1S/C27H38BrClN2O3/c1-18(17-32)14-21-15-23(29)8-9-24(21)25(19(2)6-7-22(28)16-30)20-10-12-31(13-11-20)26(33)34-27(3,4)5/h6-9,14-16,19-20,25,32H,10-13,17,30H2,1-5H3/b7-6-,18-14+,22-16+. The molecule has 0 saturated carbocycles. The van der Waals surface area contributed by atoms with Crippen LogP contribution in [0.25, 0.3) is 6.08 Å². The van der Waals surface area contributed by atoms with Crippen LogP contribution in [0.5, 0.6) is 0 Å². The molecule has 7 heteroatoms. The molecule has 1 fully saturated rings. The minimum absolute atomic E-state index is 0.00536. The van der Waals surface area contributed by atoms with E-state index in [4.69, 9.17) is 22.1 Å². The third kappa shape index (κ3) is 8.47. The third-order valence-corrected chi connectivity index (χ3v) is 6.81. The summed E-state index contributed by atoms with van der Waals surface area (Å²) in [5.41, 5.74) is 8.21. The van der Waals surface area contributed by atoms with Crippen LogP contribution in [-0.2, 0) is 4.74 Å². The van der Waals surface area contributed by atoms with Crippen LogP contribution in [0, 0.1) is 11.8 Å². The van der Waals surface area contributed by atoms with Crippen molar-refractivity contribution < 1.29 is 14.6 Å². The van der Waals surface area contributed by atoms with Crippen LogP contribution < -0.4 is 5.73 Å². The number of likely N-dealkylation sites (tertiary alicyclic amines) is 1. The Morgan fingerprint density at radius 2 is 2.00 bits per heavy atom. The first-order valence-corrected chi connectivity index (χ1v) is 12.9. The molecule has 34 heavy (non-hydrogen) atoms. The van der Waals surface area contributed by atoms with E-state index in [1.807, 2.05) is 56.9 Å². The molecule has 1 aliphatic rings. The fourth-order valence-electron chi connectivity index (χ4n) is 4.44. The van der Waals surface area contributed by atoms with Gasteiger partial charge in [-0.05, 0) is 103 Å². The van der Waals surface area contributed by atoms with Gasteiger partial charge in [0.15, 0.2) is 0 Å². The molecular formula is C27H38BrClN2O3. The Balaban J connectivity index is 2.38. The number of carbonyl (C=O) groups is 1. The molecule has 1 saturated heterocycles. The minimum atomic E-state index is -0.505. The Kier molecular flexibility index (Phi) is 10.7. The van der Waals surface area contributed by atoms with E-state index in [9.17, 15) is 9.90 Å². The van der Waals surface area contributed by atoms with Gasteiger partial charge in [-0.25, -0.2) is 4.79 Å². The molecule has 188 valence electrons. The van der Waals surface area contributed by atoms with Crippen LogP contribution in [0.4, 0.5) is 4.79 Å². The predicted octanol–water partition coefficient (Wildman–Crippen LogP) is 6.85. The monoisotopic (exact) mass is 552 g/mol. The van der Waals surface area contributed by atoms with Gasteiger partial charge in [0, 0.05) is 28.8 Å². The first-order chi connectivity index (χ1) is 15.9. The summed E-state index contributed by atoms with van der Waals surface area (Å²) >= 11 is 9.81. The lowest BCUT2D eigenvalue weighted by molar-refractivity contribution is 0.0169. The lowest BCUT2D eigenvalue weighted by Gasteiger charge is -2.39. The van der Waals surface area contributed by atoms with Gasteiger partial charge in [-0.3, -0.25) is 0 Å². The van der Waals surface area contributed by atoms with Gasteiger partial charge in [0.25, 0.3) is 0 Å². The van der Waals surface area contributed by atoms with E-state index in [1.165, 1.54) is 11.8 Å². The predicted molar refractivity (Wildman–Crippen MR) is 145 cm³/mol. The molecule has 1 heterocycles. The second-order valence-corrected chi connectivity index (χ2v) is 11.4. The highest BCUT2D eigenvalue weighted by molar-refractivity contribution is 9.11. The van der Waals surface area contributed by atoms with Crippen molar-refractivity contribution in [3.05, 3.63) is 62.8 Å². The molecule has 0 bridgehead atoms. The fourth-order valence-corrected chi connectivity index (χ4v) is 4.77. The Hall–Kier alpha value is -1.76. The Morgan fingerprint density at radius 3 is 2.56 bits per heavy atom. The molecule has 5 nitrogen and oxygen atoms in total. The molecule has 1 amide bonds. The lowest BCUT2D eigenvalue weighted by atomic mass is 9.72. The van der Waals surface area contributed by atoms with Crippen molar-refractivity contribution in [1.82, 2.24) is 4.90 Å². The number of piperidine rings is 1. The number of halogens is 2. The molecule has 2 unspecified atom stereocenters. The van der Waals surface area contributed by atoms with Crippen LogP contribution in [0.2, 0.25) is 5.02 Å². The maximum atomic E-state index is 12.6. The highest BCUT2D eigenvalue weighted by Gasteiger charge is 2.34. The average Bonchev–Trinajstić information content (AvgIpc) is 2.78. The number of allylic oxidation sites excluding steroid dienone is 3. The molecule has 1 aliphatic heterocycles. The van der Waals surface area contributed by atoms with Gasteiger partial charge in [-0.2, -0.15) is 0 Å². The number of hydrogen-bond acceptors (Lipinski definition) is 4. The van der Waals surface area contributed by atoms with Crippen molar-refractivity contribution in [2.24, 2.45) is 17.6 Å². The van der Waals surface area contributed by atoms with Crippen molar-refractivity contribution in [3.63, 3.8) is 0 Å². The number of amides is 1. The van der Waals surface area contributed by atoms with Crippen molar-refractivity contribution in [2.45, 2.75) is 59.0 Å². The maximum Gasteiger partial charge on any atom is 0.410 e. The van der Waals surface area contributed by atoms with Gasteiger partial charge >= 0.3 is 6.09 Å². The van der Waals surface area contributed by atoms with E-state index in [1.54, 1.807) is 0 Å². The van der Waals surface area contributed by atoms with Gasteiger partial charge in [-0.15, -0.1) is 0 Å². The van der Waals surface area contributed by atoms with E-state index < -0.39 is 5.60 Å².